The Hall–Kier alpha value is -2.64. The predicted molar refractivity (Wildman–Crippen MR) is 137 cm³/mol. The van der Waals surface area contributed by atoms with Gasteiger partial charge in [0.15, 0.2) is 11.3 Å². The second-order valence-corrected chi connectivity index (χ2v) is 11.5. The highest BCUT2D eigenvalue weighted by Gasteiger charge is 2.31. The zero-order valence-electron chi connectivity index (χ0n) is 19.6. The second-order valence-electron chi connectivity index (χ2n) is 8.38. The minimum absolute atomic E-state index is 0.0302. The second kappa shape index (κ2) is 10.8. The molecule has 4 rings (SSSR count). The number of benzene rings is 2. The molecule has 1 aromatic heterocycles. The van der Waals surface area contributed by atoms with Gasteiger partial charge in [-0.05, 0) is 74.5 Å². The number of aryl methyl sites for hydroxylation is 1. The first kappa shape index (κ1) is 26.4. The number of sulfonamides is 1. The molecule has 0 saturated carbocycles. The Bertz CT molecular complexity index is 1390. The van der Waals surface area contributed by atoms with E-state index < -0.39 is 15.9 Å². The summed E-state index contributed by atoms with van der Waals surface area (Å²) in [6, 6.07) is 6.36. The third kappa shape index (κ3) is 5.09. The maximum atomic E-state index is 13.4. The number of hydrogen-bond acceptors (Lipinski definition) is 8. The number of aromatic hydroxyl groups is 2. The van der Waals surface area contributed by atoms with E-state index >= 15 is 0 Å². The van der Waals surface area contributed by atoms with Crippen molar-refractivity contribution in [3.05, 3.63) is 40.9 Å². The lowest BCUT2D eigenvalue weighted by molar-refractivity contribution is -0.649. The third-order valence-corrected chi connectivity index (χ3v) is 9.20. The molecule has 2 heterocycles. The van der Waals surface area contributed by atoms with Gasteiger partial charge in [0.2, 0.25) is 0 Å². The minimum Gasteiger partial charge on any atom is -0.507 e. The van der Waals surface area contributed by atoms with Crippen molar-refractivity contribution in [3.63, 3.8) is 0 Å². The van der Waals surface area contributed by atoms with Gasteiger partial charge < -0.3 is 25.5 Å². The van der Waals surface area contributed by atoms with Crippen molar-refractivity contribution < 1.29 is 33.1 Å². The molecule has 0 unspecified atom stereocenters. The number of anilines is 1. The standard InChI is InChI=1S/C23H27ClN4O6S2/c1-2-27-20-19(31)6-4-17(24)21(20)35-23(27)26-36(33,34)15-3-5-18(30)16(13-15)22(32)28(11-12-29)14-7-9-25-10-8-14/h3-6,13-14,25,29H,2,7-12H2,1H3,(H2,30,31,32)/p+1. The van der Waals surface area contributed by atoms with E-state index in [2.05, 4.69) is 10.0 Å². The molecule has 5 N–H and O–H groups in total. The van der Waals surface area contributed by atoms with Crippen LogP contribution in [0, 0.1) is 0 Å². The van der Waals surface area contributed by atoms with Gasteiger partial charge in [-0.1, -0.05) is 11.6 Å². The number of carbonyl (C=O) groups is 1. The fraction of sp³-hybridized carbons (Fsp3) is 0.391. The van der Waals surface area contributed by atoms with Gasteiger partial charge in [-0.3, -0.25) is 4.79 Å². The molecule has 0 aliphatic carbocycles. The van der Waals surface area contributed by atoms with Crippen LogP contribution in [0.1, 0.15) is 30.1 Å². The highest BCUT2D eigenvalue weighted by Crippen LogP contribution is 2.36. The van der Waals surface area contributed by atoms with Crippen molar-refractivity contribution in [1.82, 2.24) is 10.2 Å². The summed E-state index contributed by atoms with van der Waals surface area (Å²) in [7, 11) is -4.18. The predicted octanol–water partition coefficient (Wildman–Crippen LogP) is 2.26. The number of nitrogens with one attached hydrogen (secondary N) is 2. The summed E-state index contributed by atoms with van der Waals surface area (Å²) in [4.78, 5) is 14.6. The van der Waals surface area contributed by atoms with Crippen molar-refractivity contribution in [1.29, 1.82) is 0 Å². The highest BCUT2D eigenvalue weighted by molar-refractivity contribution is 7.93. The van der Waals surface area contributed by atoms with E-state index in [0.717, 1.165) is 30.5 Å². The number of aromatic nitrogens is 1. The molecule has 1 saturated heterocycles. The molecule has 0 atom stereocenters. The number of phenolic OH excluding ortho intramolecular Hbond substituents is 2. The van der Waals surface area contributed by atoms with Crippen LogP contribution >= 0.6 is 22.9 Å². The number of halogens is 1. The number of nitrogens with zero attached hydrogens (tertiary/aromatic N) is 2. The normalized spacial score (nSPS) is 14.8. The Labute approximate surface area is 217 Å². The number of fused-ring (bicyclic) bond motifs is 1. The van der Waals surface area contributed by atoms with Crippen molar-refractivity contribution in [2.24, 2.45) is 0 Å². The van der Waals surface area contributed by atoms with Crippen molar-refractivity contribution in [2.45, 2.75) is 37.2 Å². The molecule has 10 nitrogen and oxygen atoms in total. The van der Waals surface area contributed by atoms with Crippen molar-refractivity contribution in [3.8, 4) is 11.5 Å². The van der Waals surface area contributed by atoms with Gasteiger partial charge in [0.1, 0.15) is 15.3 Å². The summed E-state index contributed by atoms with van der Waals surface area (Å²) >= 11 is 7.35. The number of thiazole rings is 1. The van der Waals surface area contributed by atoms with Gasteiger partial charge >= 0.3 is 15.2 Å². The number of carbonyl (C=O) groups excluding carboxylic acids is 1. The van der Waals surface area contributed by atoms with Crippen molar-refractivity contribution >= 4 is 54.2 Å². The van der Waals surface area contributed by atoms with Gasteiger partial charge in [-0.2, -0.15) is 13.1 Å². The van der Waals surface area contributed by atoms with Crippen LogP contribution in [-0.4, -0.2) is 66.8 Å². The van der Waals surface area contributed by atoms with Crippen LogP contribution in [-0.2, 0) is 16.6 Å². The Morgan fingerprint density at radius 1 is 1.22 bits per heavy atom. The molecule has 1 aliphatic heterocycles. The average molecular weight is 556 g/mol. The third-order valence-electron chi connectivity index (χ3n) is 6.17. The SMILES string of the molecule is CC[n+]1c(NS(=O)(=O)c2ccc(O)c(C(=O)N(CCO)C3CCNCC3)c2)sc2c(Cl)ccc(O)c21. The van der Waals surface area contributed by atoms with Crippen molar-refractivity contribution in [2.75, 3.05) is 31.0 Å². The maximum Gasteiger partial charge on any atom is 0.350 e. The molecule has 0 bridgehead atoms. The number of aliphatic hydroxyl groups is 1. The van der Waals surface area contributed by atoms with E-state index in [4.69, 9.17) is 11.6 Å². The molecular formula is C23H28ClN4O6S2+. The Morgan fingerprint density at radius 2 is 1.92 bits per heavy atom. The molecule has 0 spiro atoms. The lowest BCUT2D eigenvalue weighted by Crippen LogP contribution is -2.47. The van der Waals surface area contributed by atoms with E-state index in [1.54, 1.807) is 11.5 Å². The molecule has 13 heteroatoms. The number of hydrogen-bond donors (Lipinski definition) is 5. The summed E-state index contributed by atoms with van der Waals surface area (Å²) in [6.07, 6.45) is 1.37. The van der Waals surface area contributed by atoms with Gasteiger partial charge in [0.25, 0.3) is 5.91 Å². The Morgan fingerprint density at radius 3 is 2.58 bits per heavy atom. The molecule has 0 radical (unpaired) electrons. The van der Waals surface area contributed by atoms with E-state index in [0.29, 0.717) is 34.6 Å². The first-order valence-electron chi connectivity index (χ1n) is 11.5. The Balaban J connectivity index is 1.69. The number of aliphatic hydroxyl groups excluding tert-OH is 1. The van der Waals surface area contributed by atoms with Gasteiger partial charge in [0.05, 0.1) is 23.7 Å². The molecule has 194 valence electrons. The van der Waals surface area contributed by atoms with Gasteiger partial charge in [-0.25, -0.2) is 4.57 Å². The Kier molecular flexibility index (Phi) is 7.90. The number of piperidine rings is 1. The summed E-state index contributed by atoms with van der Waals surface area (Å²) in [6.45, 7) is 3.41. The van der Waals surface area contributed by atoms with E-state index in [1.807, 2.05) is 0 Å². The lowest BCUT2D eigenvalue weighted by Gasteiger charge is -2.34. The van der Waals surface area contributed by atoms with Crippen LogP contribution in [0.25, 0.3) is 10.2 Å². The van der Waals surface area contributed by atoms with Crippen LogP contribution in [0.4, 0.5) is 5.13 Å². The van der Waals surface area contributed by atoms with Gasteiger partial charge in [-0.15, -0.1) is 0 Å². The maximum absolute atomic E-state index is 13.4. The van der Waals surface area contributed by atoms with E-state index in [1.165, 1.54) is 29.2 Å². The quantitative estimate of drug-likeness (QED) is 0.268. The summed E-state index contributed by atoms with van der Waals surface area (Å²) in [5.41, 5.74) is 0.251. The van der Waals surface area contributed by atoms with Crippen LogP contribution in [0.2, 0.25) is 5.02 Å². The molecule has 3 aromatic rings. The smallest absolute Gasteiger partial charge is 0.350 e. The minimum atomic E-state index is -4.18. The zero-order chi connectivity index (χ0) is 26.0. The molecule has 1 amide bonds. The molecule has 1 fully saturated rings. The average Bonchev–Trinajstić information content (AvgIpc) is 3.23. The molecule has 2 aromatic carbocycles. The summed E-state index contributed by atoms with van der Waals surface area (Å²) < 4.78 is 31.3. The van der Waals surface area contributed by atoms with Crippen LogP contribution < -0.4 is 14.6 Å². The fourth-order valence-corrected chi connectivity index (χ4v) is 7.13. The molecular weight excluding hydrogens is 528 g/mol. The first-order chi connectivity index (χ1) is 17.2. The largest absolute Gasteiger partial charge is 0.507 e. The highest BCUT2D eigenvalue weighted by atomic mass is 35.5. The first-order valence-corrected chi connectivity index (χ1v) is 14.2. The monoisotopic (exact) mass is 555 g/mol. The van der Waals surface area contributed by atoms with Gasteiger partial charge in [0, 0.05) is 12.6 Å². The van der Waals surface area contributed by atoms with Crippen LogP contribution in [0.5, 0.6) is 11.5 Å². The lowest BCUT2D eigenvalue weighted by atomic mass is 10.0. The summed E-state index contributed by atoms with van der Waals surface area (Å²) in [5.74, 6) is -0.928. The number of amides is 1. The van der Waals surface area contributed by atoms with Crippen LogP contribution in [0.15, 0.2) is 35.2 Å². The molecule has 1 aliphatic rings. The van der Waals surface area contributed by atoms with E-state index in [-0.39, 0.29) is 46.3 Å². The van der Waals surface area contributed by atoms with E-state index in [9.17, 15) is 28.5 Å². The summed E-state index contributed by atoms with van der Waals surface area (Å²) in [5, 5.41) is 34.1. The van der Waals surface area contributed by atoms with Crippen LogP contribution in [0.3, 0.4) is 0 Å². The fourth-order valence-electron chi connectivity index (χ4n) is 4.38. The molecule has 36 heavy (non-hydrogen) atoms. The zero-order valence-corrected chi connectivity index (χ0v) is 22.0. The topological polar surface area (TPSA) is 143 Å². The number of rotatable bonds is 8. The number of phenols is 2.